The van der Waals surface area contributed by atoms with E-state index in [0.29, 0.717) is 22.6 Å². The first-order chi connectivity index (χ1) is 19.9. The molecule has 0 radical (unpaired) electrons. The number of furan rings is 1. The molecule has 1 aliphatic heterocycles. The van der Waals surface area contributed by atoms with Gasteiger partial charge in [0, 0.05) is 22.0 Å². The lowest BCUT2D eigenvalue weighted by Crippen LogP contribution is -2.49. The summed E-state index contributed by atoms with van der Waals surface area (Å²) in [5.74, 6) is -2.51. The first-order valence-electron chi connectivity index (χ1n) is 13.5. The fraction of sp³-hybridized carbons (Fsp3) is 0.176. The van der Waals surface area contributed by atoms with Crippen molar-refractivity contribution in [1.29, 1.82) is 0 Å². The molecule has 6 nitrogen and oxygen atoms in total. The van der Waals surface area contributed by atoms with Crippen LogP contribution in [0.1, 0.15) is 35.6 Å². The van der Waals surface area contributed by atoms with Gasteiger partial charge in [0.05, 0.1) is 25.0 Å². The molecule has 41 heavy (non-hydrogen) atoms. The van der Waals surface area contributed by atoms with Gasteiger partial charge in [-0.15, -0.1) is 0 Å². The predicted octanol–water partition coefficient (Wildman–Crippen LogP) is 7.09. The van der Waals surface area contributed by atoms with Crippen LogP contribution in [0.5, 0.6) is 5.75 Å². The number of hydrogen-bond donors (Lipinski definition) is 1. The second-order valence-electron chi connectivity index (χ2n) is 10.3. The maximum Gasteiger partial charge on any atom is 0.308 e. The Morgan fingerprint density at radius 3 is 2.32 bits per heavy atom. The minimum atomic E-state index is -1.59. The Hall–Kier alpha value is -4.91. The number of carboxylic acids is 1. The molecule has 0 aliphatic carbocycles. The number of amides is 1. The molecule has 2 unspecified atom stereocenters. The third kappa shape index (κ3) is 4.43. The van der Waals surface area contributed by atoms with Crippen LogP contribution in [0, 0.1) is 11.7 Å². The van der Waals surface area contributed by atoms with Crippen LogP contribution in [0.15, 0.2) is 108 Å². The fourth-order valence-corrected chi connectivity index (χ4v) is 6.02. The largest absolute Gasteiger partial charge is 0.489 e. The molecule has 1 aliphatic rings. The van der Waals surface area contributed by atoms with Crippen LogP contribution in [-0.2, 0) is 28.2 Å². The maximum absolute atomic E-state index is 14.9. The average molecular weight is 550 g/mol. The van der Waals surface area contributed by atoms with Crippen molar-refractivity contribution in [3.63, 3.8) is 0 Å². The van der Waals surface area contributed by atoms with E-state index in [0.717, 1.165) is 21.9 Å². The summed E-state index contributed by atoms with van der Waals surface area (Å²) in [5, 5.41) is 12.1. The minimum Gasteiger partial charge on any atom is -0.489 e. The second kappa shape index (κ2) is 10.6. The van der Waals surface area contributed by atoms with E-state index < -0.39 is 17.3 Å². The minimum absolute atomic E-state index is 0.155. The molecule has 0 fully saturated rings. The molecule has 206 valence electrons. The Labute approximate surface area is 236 Å². The van der Waals surface area contributed by atoms with Crippen LogP contribution < -0.4 is 9.64 Å². The Kier molecular flexibility index (Phi) is 6.79. The third-order valence-electron chi connectivity index (χ3n) is 7.92. The monoisotopic (exact) mass is 549 g/mol. The number of aliphatic carboxylic acids is 1. The Morgan fingerprint density at radius 2 is 1.61 bits per heavy atom. The number of para-hydroxylation sites is 1. The zero-order valence-electron chi connectivity index (χ0n) is 22.4. The number of halogens is 1. The number of carboxylic acid groups (broad SMARTS) is 1. The topological polar surface area (TPSA) is 80.0 Å². The zero-order valence-corrected chi connectivity index (χ0v) is 22.4. The van der Waals surface area contributed by atoms with Crippen LogP contribution in [0.2, 0.25) is 0 Å². The van der Waals surface area contributed by atoms with Crippen molar-refractivity contribution in [2.24, 2.45) is 5.92 Å². The number of hydrogen-bond acceptors (Lipinski definition) is 4. The molecule has 4 aromatic carbocycles. The summed E-state index contributed by atoms with van der Waals surface area (Å²) in [6.45, 7) is 2.16. The molecule has 1 amide bonds. The number of anilines is 1. The van der Waals surface area contributed by atoms with Gasteiger partial charge in [-0.05, 0) is 53.4 Å². The number of ether oxygens (including phenoxy) is 1. The van der Waals surface area contributed by atoms with Gasteiger partial charge in [0.1, 0.15) is 23.6 Å². The molecule has 5 aromatic rings. The lowest BCUT2D eigenvalue weighted by Gasteiger charge is -2.36. The van der Waals surface area contributed by atoms with Gasteiger partial charge >= 0.3 is 5.97 Å². The Bertz CT molecular complexity index is 1730. The molecule has 0 saturated carbocycles. The summed E-state index contributed by atoms with van der Waals surface area (Å²) in [7, 11) is 0. The number of carbonyl (C=O) groups is 2. The van der Waals surface area contributed by atoms with E-state index in [1.807, 2.05) is 66.7 Å². The lowest BCUT2D eigenvalue weighted by atomic mass is 9.64. The summed E-state index contributed by atoms with van der Waals surface area (Å²) in [6.07, 6.45) is 3.37. The summed E-state index contributed by atoms with van der Waals surface area (Å²) in [6, 6.07) is 26.5. The molecule has 0 spiro atoms. The van der Waals surface area contributed by atoms with Gasteiger partial charge in [0.25, 0.3) is 0 Å². The molecule has 2 heterocycles. The van der Waals surface area contributed by atoms with Crippen LogP contribution in [-0.4, -0.2) is 17.0 Å². The van der Waals surface area contributed by atoms with Crippen molar-refractivity contribution in [3.8, 4) is 5.75 Å². The average Bonchev–Trinajstić information content (AvgIpc) is 3.54. The molecular weight excluding hydrogens is 521 g/mol. The van der Waals surface area contributed by atoms with Gasteiger partial charge in [-0.25, -0.2) is 4.39 Å². The summed E-state index contributed by atoms with van der Waals surface area (Å²) in [5.41, 5.74) is 1.74. The molecule has 7 heteroatoms. The van der Waals surface area contributed by atoms with E-state index in [1.54, 1.807) is 36.5 Å². The van der Waals surface area contributed by atoms with E-state index in [-0.39, 0.29) is 31.3 Å². The van der Waals surface area contributed by atoms with E-state index in [1.165, 1.54) is 12.1 Å². The van der Waals surface area contributed by atoms with Crippen molar-refractivity contribution >= 4 is 28.3 Å². The first-order valence-corrected chi connectivity index (χ1v) is 13.5. The van der Waals surface area contributed by atoms with Crippen molar-refractivity contribution in [2.75, 3.05) is 4.90 Å². The van der Waals surface area contributed by atoms with Gasteiger partial charge in [0.15, 0.2) is 0 Å². The molecule has 2 atom stereocenters. The standard InChI is InChI=1S/C34H28FNO5/c1-2-27(32(37)38)34(28-10-6-7-11-30(28)36(33(34)39)18-22-12-14-26(35)15-13-22)29-16-24-20-40-21-25(24)17-31(29)41-19-23-8-4-3-5-9-23/h3-17,20-21,27H,2,18-19H2,1H3,(H,37,38). The highest BCUT2D eigenvalue weighted by Gasteiger charge is 2.59. The Balaban J connectivity index is 1.58. The maximum atomic E-state index is 14.9. The van der Waals surface area contributed by atoms with Crippen molar-refractivity contribution < 1.29 is 28.2 Å². The molecule has 0 saturated heterocycles. The van der Waals surface area contributed by atoms with Crippen LogP contribution in [0.4, 0.5) is 10.1 Å². The smallest absolute Gasteiger partial charge is 0.308 e. The number of benzene rings is 4. The van der Waals surface area contributed by atoms with Crippen molar-refractivity contribution in [1.82, 2.24) is 0 Å². The molecule has 1 aromatic heterocycles. The van der Waals surface area contributed by atoms with Gasteiger partial charge < -0.3 is 19.2 Å². The van der Waals surface area contributed by atoms with Gasteiger partial charge in [-0.3, -0.25) is 9.59 Å². The predicted molar refractivity (Wildman–Crippen MR) is 153 cm³/mol. The molecule has 0 bridgehead atoms. The molecule has 6 rings (SSSR count). The quantitative estimate of drug-likeness (QED) is 0.212. The highest BCUT2D eigenvalue weighted by Crippen LogP contribution is 2.55. The van der Waals surface area contributed by atoms with Gasteiger partial charge in [-0.1, -0.05) is 67.6 Å². The summed E-state index contributed by atoms with van der Waals surface area (Å²) >= 11 is 0. The summed E-state index contributed by atoms with van der Waals surface area (Å²) < 4.78 is 25.5. The van der Waals surface area contributed by atoms with Crippen molar-refractivity contribution in [2.45, 2.75) is 31.9 Å². The number of nitrogens with zero attached hydrogens (tertiary/aromatic N) is 1. The van der Waals surface area contributed by atoms with Crippen LogP contribution in [0.25, 0.3) is 10.8 Å². The van der Waals surface area contributed by atoms with Gasteiger partial charge in [0.2, 0.25) is 5.91 Å². The van der Waals surface area contributed by atoms with Gasteiger partial charge in [-0.2, -0.15) is 0 Å². The zero-order chi connectivity index (χ0) is 28.6. The van der Waals surface area contributed by atoms with Crippen molar-refractivity contribution in [3.05, 3.63) is 132 Å². The SMILES string of the molecule is CCC(C(=O)O)C1(c2cc3cocc3cc2OCc2ccccc2)C(=O)N(Cc2ccc(F)cc2)c2ccccc21. The van der Waals surface area contributed by atoms with Crippen LogP contribution >= 0.6 is 0 Å². The number of fused-ring (bicyclic) bond motifs is 2. The number of rotatable bonds is 9. The van der Waals surface area contributed by atoms with E-state index in [2.05, 4.69) is 0 Å². The summed E-state index contributed by atoms with van der Waals surface area (Å²) in [4.78, 5) is 29.5. The second-order valence-corrected chi connectivity index (χ2v) is 10.3. The molecule has 1 N–H and O–H groups in total. The number of carbonyl (C=O) groups excluding carboxylic acids is 1. The van der Waals surface area contributed by atoms with E-state index >= 15 is 0 Å². The first kappa shape index (κ1) is 26.3. The normalized spacial score (nSPS) is 17.0. The highest BCUT2D eigenvalue weighted by atomic mass is 19.1. The van der Waals surface area contributed by atoms with E-state index in [4.69, 9.17) is 9.15 Å². The van der Waals surface area contributed by atoms with Crippen LogP contribution in [0.3, 0.4) is 0 Å². The lowest BCUT2D eigenvalue weighted by molar-refractivity contribution is -0.146. The third-order valence-corrected chi connectivity index (χ3v) is 7.92. The van der Waals surface area contributed by atoms with E-state index in [9.17, 15) is 19.1 Å². The molecular formula is C34H28FNO5. The fourth-order valence-electron chi connectivity index (χ4n) is 6.02. The Morgan fingerprint density at radius 1 is 0.927 bits per heavy atom. The highest BCUT2D eigenvalue weighted by molar-refractivity contribution is 6.13.